The van der Waals surface area contributed by atoms with Gasteiger partial charge in [0, 0.05) is 19.6 Å². The number of amides is 2. The first kappa shape index (κ1) is 18.2. The van der Waals surface area contributed by atoms with Gasteiger partial charge >= 0.3 is 0 Å². The quantitative estimate of drug-likeness (QED) is 0.535. The third-order valence-electron chi connectivity index (χ3n) is 3.79. The second kappa shape index (κ2) is 9.26. The molecule has 1 saturated heterocycles. The summed E-state index contributed by atoms with van der Waals surface area (Å²) in [7, 11) is 0. The van der Waals surface area contributed by atoms with Crippen LogP contribution in [-0.2, 0) is 9.59 Å². The standard InChI is InChI=1S/C17H27N3O2/c1-5-9-20(10-6-2)16(21)13-15-17(22)18-8-12-19(15)11-7-14(3)4/h1,6,14-15H,2,7-13H2,3-4H3,(H,18,22)/t15-/m1/s1. The molecule has 5 heteroatoms. The van der Waals surface area contributed by atoms with Gasteiger partial charge in [0.2, 0.25) is 11.8 Å². The summed E-state index contributed by atoms with van der Waals surface area (Å²) in [6, 6.07) is -0.398. The number of carbonyl (C=O) groups is 2. The second-order valence-corrected chi connectivity index (χ2v) is 6.00. The molecule has 0 unspecified atom stereocenters. The van der Waals surface area contributed by atoms with Gasteiger partial charge in [0.25, 0.3) is 0 Å². The van der Waals surface area contributed by atoms with Gasteiger partial charge in [-0.25, -0.2) is 0 Å². The highest BCUT2D eigenvalue weighted by Gasteiger charge is 2.32. The molecule has 0 saturated carbocycles. The Morgan fingerprint density at radius 2 is 2.36 bits per heavy atom. The van der Waals surface area contributed by atoms with Crippen molar-refractivity contribution in [2.75, 3.05) is 32.7 Å². The van der Waals surface area contributed by atoms with Crippen LogP contribution in [0.15, 0.2) is 12.7 Å². The Morgan fingerprint density at radius 1 is 1.64 bits per heavy atom. The van der Waals surface area contributed by atoms with Crippen LogP contribution >= 0.6 is 0 Å². The zero-order valence-corrected chi connectivity index (χ0v) is 13.7. The molecule has 0 aliphatic carbocycles. The molecule has 0 aromatic carbocycles. The van der Waals surface area contributed by atoms with Crippen LogP contribution in [0.2, 0.25) is 0 Å². The Balaban J connectivity index is 2.71. The normalized spacial score (nSPS) is 18.6. The SMILES string of the molecule is C#CCN(CC=C)C(=O)C[C@@H]1C(=O)NCCN1CCC(C)C. The fourth-order valence-corrected chi connectivity index (χ4v) is 2.49. The van der Waals surface area contributed by atoms with Gasteiger partial charge in [-0.3, -0.25) is 14.5 Å². The maximum absolute atomic E-state index is 12.4. The number of hydrogen-bond donors (Lipinski definition) is 1. The molecule has 0 aromatic heterocycles. The van der Waals surface area contributed by atoms with Crippen molar-refractivity contribution >= 4 is 11.8 Å². The first-order valence-electron chi connectivity index (χ1n) is 7.83. The largest absolute Gasteiger partial charge is 0.353 e. The van der Waals surface area contributed by atoms with Gasteiger partial charge in [0.15, 0.2) is 0 Å². The van der Waals surface area contributed by atoms with E-state index in [1.165, 1.54) is 0 Å². The third-order valence-corrected chi connectivity index (χ3v) is 3.79. The number of carbonyl (C=O) groups excluding carboxylic acids is 2. The number of piperazine rings is 1. The topological polar surface area (TPSA) is 52.7 Å². The third kappa shape index (κ3) is 5.53. The summed E-state index contributed by atoms with van der Waals surface area (Å²) < 4.78 is 0. The predicted octanol–water partition coefficient (Wildman–Crippen LogP) is 0.871. The van der Waals surface area contributed by atoms with Gasteiger partial charge in [-0.1, -0.05) is 25.8 Å². The van der Waals surface area contributed by atoms with Crippen LogP contribution < -0.4 is 5.32 Å². The van der Waals surface area contributed by atoms with E-state index < -0.39 is 6.04 Å². The number of hydrogen-bond acceptors (Lipinski definition) is 3. The minimum Gasteiger partial charge on any atom is -0.353 e. The minimum atomic E-state index is -0.398. The van der Waals surface area contributed by atoms with Crippen molar-refractivity contribution in [2.24, 2.45) is 5.92 Å². The average Bonchev–Trinajstić information content (AvgIpc) is 2.47. The Hall–Kier alpha value is -1.80. The van der Waals surface area contributed by atoms with Crippen LogP contribution in [0.3, 0.4) is 0 Å². The molecule has 0 aromatic rings. The molecule has 1 atom stereocenters. The molecule has 1 N–H and O–H groups in total. The maximum atomic E-state index is 12.4. The second-order valence-electron chi connectivity index (χ2n) is 6.00. The summed E-state index contributed by atoms with van der Waals surface area (Å²) in [5.41, 5.74) is 0. The molecule has 1 aliphatic heterocycles. The molecule has 122 valence electrons. The number of nitrogens with zero attached hydrogens (tertiary/aromatic N) is 2. The van der Waals surface area contributed by atoms with Crippen LogP contribution in [0.25, 0.3) is 0 Å². The lowest BCUT2D eigenvalue weighted by Crippen LogP contribution is -2.57. The minimum absolute atomic E-state index is 0.0670. The Bertz CT molecular complexity index is 440. The van der Waals surface area contributed by atoms with Gasteiger partial charge in [-0.2, -0.15) is 0 Å². The lowest BCUT2D eigenvalue weighted by atomic mass is 10.0. The monoisotopic (exact) mass is 305 g/mol. The number of terminal acetylenes is 1. The smallest absolute Gasteiger partial charge is 0.237 e. The van der Waals surface area contributed by atoms with Crippen LogP contribution in [-0.4, -0.2) is 60.4 Å². The lowest BCUT2D eigenvalue weighted by molar-refractivity contribution is -0.138. The van der Waals surface area contributed by atoms with Crippen molar-refractivity contribution < 1.29 is 9.59 Å². The first-order chi connectivity index (χ1) is 10.5. The van der Waals surface area contributed by atoms with Crippen LogP contribution in [0.1, 0.15) is 26.7 Å². The van der Waals surface area contributed by atoms with Gasteiger partial charge in [0.05, 0.1) is 19.0 Å². The molecule has 1 fully saturated rings. The summed E-state index contributed by atoms with van der Waals surface area (Å²) in [6.07, 6.45) is 8.12. The summed E-state index contributed by atoms with van der Waals surface area (Å²) in [4.78, 5) is 28.2. The van der Waals surface area contributed by atoms with Crippen LogP contribution in [0, 0.1) is 18.3 Å². The first-order valence-corrected chi connectivity index (χ1v) is 7.83. The van der Waals surface area contributed by atoms with Crippen LogP contribution in [0.4, 0.5) is 0 Å². The molecule has 2 amide bonds. The van der Waals surface area contributed by atoms with E-state index in [-0.39, 0.29) is 24.8 Å². The molecular weight excluding hydrogens is 278 g/mol. The van der Waals surface area contributed by atoms with Gasteiger partial charge in [-0.05, 0) is 18.9 Å². The molecule has 0 spiro atoms. The van der Waals surface area contributed by atoms with E-state index in [1.807, 2.05) is 0 Å². The van der Waals surface area contributed by atoms with Gasteiger partial charge in [-0.15, -0.1) is 13.0 Å². The van der Waals surface area contributed by atoms with Crippen molar-refractivity contribution in [1.82, 2.24) is 15.1 Å². The van der Waals surface area contributed by atoms with Crippen molar-refractivity contribution in [2.45, 2.75) is 32.7 Å². The molecule has 1 heterocycles. The van der Waals surface area contributed by atoms with E-state index in [4.69, 9.17) is 6.42 Å². The fraction of sp³-hybridized carbons (Fsp3) is 0.647. The molecule has 1 aliphatic rings. The molecular formula is C17H27N3O2. The van der Waals surface area contributed by atoms with Gasteiger partial charge in [0.1, 0.15) is 0 Å². The Morgan fingerprint density at radius 3 is 2.95 bits per heavy atom. The Labute approximate surface area is 133 Å². The summed E-state index contributed by atoms with van der Waals surface area (Å²) in [5, 5.41) is 2.85. The summed E-state index contributed by atoms with van der Waals surface area (Å²) >= 11 is 0. The lowest BCUT2D eigenvalue weighted by Gasteiger charge is -2.35. The molecule has 0 bridgehead atoms. The molecule has 22 heavy (non-hydrogen) atoms. The highest BCUT2D eigenvalue weighted by Crippen LogP contribution is 2.13. The van der Waals surface area contributed by atoms with Crippen LogP contribution in [0.5, 0.6) is 0 Å². The molecule has 5 nitrogen and oxygen atoms in total. The average molecular weight is 305 g/mol. The molecule has 1 rings (SSSR count). The fourth-order valence-electron chi connectivity index (χ4n) is 2.49. The van der Waals surface area contributed by atoms with E-state index in [1.54, 1.807) is 11.0 Å². The molecule has 0 radical (unpaired) electrons. The van der Waals surface area contributed by atoms with E-state index in [0.717, 1.165) is 19.5 Å². The number of nitrogens with one attached hydrogen (secondary N) is 1. The van der Waals surface area contributed by atoms with Crippen molar-refractivity contribution in [3.63, 3.8) is 0 Å². The van der Waals surface area contributed by atoms with E-state index >= 15 is 0 Å². The van der Waals surface area contributed by atoms with E-state index in [0.29, 0.717) is 19.0 Å². The summed E-state index contributed by atoms with van der Waals surface area (Å²) in [5.74, 6) is 2.88. The van der Waals surface area contributed by atoms with Crippen molar-refractivity contribution in [3.05, 3.63) is 12.7 Å². The highest BCUT2D eigenvalue weighted by molar-refractivity contribution is 5.89. The van der Waals surface area contributed by atoms with Crippen molar-refractivity contribution in [3.8, 4) is 12.3 Å². The van der Waals surface area contributed by atoms with Gasteiger partial charge < -0.3 is 10.2 Å². The van der Waals surface area contributed by atoms with E-state index in [2.05, 4.69) is 36.6 Å². The zero-order valence-electron chi connectivity index (χ0n) is 13.7. The number of rotatable bonds is 8. The maximum Gasteiger partial charge on any atom is 0.237 e. The predicted molar refractivity (Wildman–Crippen MR) is 88.1 cm³/mol. The van der Waals surface area contributed by atoms with Crippen molar-refractivity contribution in [1.29, 1.82) is 0 Å². The van der Waals surface area contributed by atoms with E-state index in [9.17, 15) is 9.59 Å². The Kier molecular flexibility index (Phi) is 7.69. The highest BCUT2D eigenvalue weighted by atomic mass is 16.2. The summed E-state index contributed by atoms with van der Waals surface area (Å²) in [6.45, 7) is 10.9. The zero-order chi connectivity index (χ0) is 16.5.